The van der Waals surface area contributed by atoms with E-state index in [1.54, 1.807) is 7.11 Å². The first-order chi connectivity index (χ1) is 9.80. The third-order valence-electron chi connectivity index (χ3n) is 3.70. The van der Waals surface area contributed by atoms with E-state index in [9.17, 15) is 0 Å². The van der Waals surface area contributed by atoms with Crippen LogP contribution in [-0.2, 0) is 0 Å². The number of nitrogens with one attached hydrogen (secondary N) is 1. The molecule has 3 N–H and O–H groups in total. The Morgan fingerprint density at radius 2 is 1.75 bits per heavy atom. The molecule has 0 spiro atoms. The number of nitrogens with two attached hydrogens (primary N) is 1. The molecule has 0 bridgehead atoms. The fraction of sp³-hybridized carbons (Fsp3) is 0.294. The number of hydrazine groups is 1. The maximum absolute atomic E-state index is 5.82. The van der Waals surface area contributed by atoms with E-state index in [0.717, 1.165) is 17.7 Å². The van der Waals surface area contributed by atoms with Crippen molar-refractivity contribution < 1.29 is 4.74 Å². The fourth-order valence-electron chi connectivity index (χ4n) is 2.64. The minimum atomic E-state index is 0.0671. The van der Waals surface area contributed by atoms with E-state index in [-0.39, 0.29) is 6.04 Å². The number of ether oxygens (including phenoxy) is 1. The van der Waals surface area contributed by atoms with Gasteiger partial charge in [0.1, 0.15) is 5.75 Å². The average Bonchev–Trinajstić information content (AvgIpc) is 2.53. The molecule has 0 saturated carbocycles. The summed E-state index contributed by atoms with van der Waals surface area (Å²) in [6.45, 7) is 2.18. The predicted molar refractivity (Wildman–Crippen MR) is 82.5 cm³/mol. The van der Waals surface area contributed by atoms with Gasteiger partial charge in [-0.15, -0.1) is 0 Å². The summed E-state index contributed by atoms with van der Waals surface area (Å²) in [7, 11) is 1.68. The summed E-state index contributed by atoms with van der Waals surface area (Å²) in [6.07, 6.45) is 1.01. The number of hydrogen-bond donors (Lipinski definition) is 2. The highest BCUT2D eigenvalue weighted by molar-refractivity contribution is 5.33. The van der Waals surface area contributed by atoms with Crippen LogP contribution in [0.15, 0.2) is 54.6 Å². The van der Waals surface area contributed by atoms with Crippen molar-refractivity contribution in [1.29, 1.82) is 0 Å². The summed E-state index contributed by atoms with van der Waals surface area (Å²) in [5.74, 6) is 7.00. The maximum Gasteiger partial charge on any atom is 0.119 e. The molecule has 0 amide bonds. The van der Waals surface area contributed by atoms with Gasteiger partial charge in [-0.05, 0) is 29.7 Å². The summed E-state index contributed by atoms with van der Waals surface area (Å²) in [5, 5.41) is 0. The molecule has 0 aliphatic heterocycles. The second-order valence-corrected chi connectivity index (χ2v) is 4.85. The molecule has 0 aliphatic rings. The van der Waals surface area contributed by atoms with Crippen LogP contribution in [0.4, 0.5) is 0 Å². The molecule has 0 heterocycles. The summed E-state index contributed by atoms with van der Waals surface area (Å²) in [6, 6.07) is 18.6. The van der Waals surface area contributed by atoms with Gasteiger partial charge < -0.3 is 4.74 Å². The van der Waals surface area contributed by atoms with Gasteiger partial charge in [-0.25, -0.2) is 0 Å². The van der Waals surface area contributed by atoms with Crippen molar-refractivity contribution in [3.8, 4) is 5.75 Å². The summed E-state index contributed by atoms with van der Waals surface area (Å²) < 4.78 is 5.30. The van der Waals surface area contributed by atoms with Crippen molar-refractivity contribution in [2.45, 2.75) is 25.3 Å². The van der Waals surface area contributed by atoms with E-state index < -0.39 is 0 Å². The molecule has 2 rings (SSSR count). The molecule has 2 atom stereocenters. The lowest BCUT2D eigenvalue weighted by atomic mass is 9.85. The first kappa shape index (κ1) is 14.6. The molecule has 106 valence electrons. The lowest BCUT2D eigenvalue weighted by Gasteiger charge is -2.26. The Bertz CT molecular complexity index is 528. The standard InChI is InChI=1S/C17H22N2O/c1-3-16(13-8-5-4-6-9-13)17(19-18)14-10-7-11-15(12-14)20-2/h4-12,16-17,19H,3,18H2,1-2H3. The molecule has 3 heteroatoms. The molecule has 3 nitrogen and oxygen atoms in total. The molecule has 2 aromatic carbocycles. The van der Waals surface area contributed by atoms with Gasteiger partial charge >= 0.3 is 0 Å². The van der Waals surface area contributed by atoms with Crippen LogP contribution in [0, 0.1) is 0 Å². The molecule has 0 fully saturated rings. The molecular weight excluding hydrogens is 248 g/mol. The van der Waals surface area contributed by atoms with Gasteiger partial charge in [0.2, 0.25) is 0 Å². The average molecular weight is 270 g/mol. The van der Waals surface area contributed by atoms with E-state index in [4.69, 9.17) is 10.6 Å². The quantitative estimate of drug-likeness (QED) is 0.625. The molecule has 2 aromatic rings. The zero-order valence-electron chi connectivity index (χ0n) is 12.0. The van der Waals surface area contributed by atoms with Crippen molar-refractivity contribution in [3.63, 3.8) is 0 Å². The normalized spacial score (nSPS) is 13.8. The van der Waals surface area contributed by atoms with Crippen molar-refractivity contribution in [2.24, 2.45) is 5.84 Å². The lowest BCUT2D eigenvalue weighted by molar-refractivity contribution is 0.408. The Morgan fingerprint density at radius 1 is 1.05 bits per heavy atom. The molecule has 20 heavy (non-hydrogen) atoms. The summed E-state index contributed by atoms with van der Waals surface area (Å²) >= 11 is 0. The van der Waals surface area contributed by atoms with Gasteiger partial charge in [-0.1, -0.05) is 49.4 Å². The van der Waals surface area contributed by atoms with Crippen molar-refractivity contribution in [1.82, 2.24) is 5.43 Å². The smallest absolute Gasteiger partial charge is 0.119 e. The van der Waals surface area contributed by atoms with Crippen LogP contribution in [-0.4, -0.2) is 7.11 Å². The summed E-state index contributed by atoms with van der Waals surface area (Å²) in [5.41, 5.74) is 5.40. The van der Waals surface area contributed by atoms with Gasteiger partial charge in [-0.3, -0.25) is 11.3 Å². The number of benzene rings is 2. The van der Waals surface area contributed by atoms with Crippen LogP contribution >= 0.6 is 0 Å². The Hall–Kier alpha value is -1.84. The Kier molecular flexibility index (Phi) is 5.16. The first-order valence-corrected chi connectivity index (χ1v) is 6.95. The van der Waals surface area contributed by atoms with Crippen LogP contribution in [0.25, 0.3) is 0 Å². The number of methoxy groups -OCH3 is 1. The van der Waals surface area contributed by atoms with E-state index >= 15 is 0 Å². The minimum absolute atomic E-state index is 0.0671. The SMILES string of the molecule is CCC(c1ccccc1)C(NN)c1cccc(OC)c1. The largest absolute Gasteiger partial charge is 0.497 e. The first-order valence-electron chi connectivity index (χ1n) is 6.95. The van der Waals surface area contributed by atoms with Gasteiger partial charge in [-0.2, -0.15) is 0 Å². The zero-order valence-corrected chi connectivity index (χ0v) is 12.0. The van der Waals surface area contributed by atoms with Crippen LogP contribution < -0.4 is 16.0 Å². The predicted octanol–water partition coefficient (Wildman–Crippen LogP) is 3.39. The second-order valence-electron chi connectivity index (χ2n) is 4.85. The van der Waals surface area contributed by atoms with Crippen molar-refractivity contribution >= 4 is 0 Å². The maximum atomic E-state index is 5.82. The number of hydrogen-bond acceptors (Lipinski definition) is 3. The minimum Gasteiger partial charge on any atom is -0.497 e. The molecule has 0 aliphatic carbocycles. The highest BCUT2D eigenvalue weighted by atomic mass is 16.5. The molecular formula is C17H22N2O. The fourth-order valence-corrected chi connectivity index (χ4v) is 2.64. The van der Waals surface area contributed by atoms with Gasteiger partial charge in [0.15, 0.2) is 0 Å². The lowest BCUT2D eigenvalue weighted by Crippen LogP contribution is -2.32. The van der Waals surface area contributed by atoms with Crippen LogP contribution in [0.2, 0.25) is 0 Å². The monoisotopic (exact) mass is 270 g/mol. The third-order valence-corrected chi connectivity index (χ3v) is 3.70. The molecule has 0 saturated heterocycles. The molecule has 0 radical (unpaired) electrons. The van der Waals surface area contributed by atoms with Crippen molar-refractivity contribution in [2.75, 3.05) is 7.11 Å². The van der Waals surface area contributed by atoms with Gasteiger partial charge in [0.25, 0.3) is 0 Å². The van der Waals surface area contributed by atoms with E-state index in [1.807, 2.05) is 24.3 Å². The van der Waals surface area contributed by atoms with Gasteiger partial charge in [0.05, 0.1) is 13.2 Å². The highest BCUT2D eigenvalue weighted by Crippen LogP contribution is 2.34. The Labute approximate surface area is 120 Å². The van der Waals surface area contributed by atoms with E-state index in [0.29, 0.717) is 5.92 Å². The van der Waals surface area contributed by atoms with E-state index in [2.05, 4.69) is 42.7 Å². The van der Waals surface area contributed by atoms with Crippen LogP contribution in [0.3, 0.4) is 0 Å². The highest BCUT2D eigenvalue weighted by Gasteiger charge is 2.22. The Morgan fingerprint density at radius 3 is 2.35 bits per heavy atom. The number of rotatable bonds is 6. The van der Waals surface area contributed by atoms with Crippen LogP contribution in [0.5, 0.6) is 5.75 Å². The van der Waals surface area contributed by atoms with Gasteiger partial charge in [0, 0.05) is 5.92 Å². The summed E-state index contributed by atoms with van der Waals surface area (Å²) in [4.78, 5) is 0. The topological polar surface area (TPSA) is 47.3 Å². The Balaban J connectivity index is 2.34. The third kappa shape index (κ3) is 3.18. The second kappa shape index (κ2) is 7.08. The zero-order chi connectivity index (χ0) is 14.4. The van der Waals surface area contributed by atoms with E-state index in [1.165, 1.54) is 5.56 Å². The van der Waals surface area contributed by atoms with Crippen LogP contribution in [0.1, 0.15) is 36.4 Å². The molecule has 0 aromatic heterocycles. The molecule has 2 unspecified atom stereocenters. The van der Waals surface area contributed by atoms with Crippen molar-refractivity contribution in [3.05, 3.63) is 65.7 Å².